The van der Waals surface area contributed by atoms with E-state index >= 15 is 0 Å². The smallest absolute Gasteiger partial charge is 0.262 e. The van der Waals surface area contributed by atoms with Crippen molar-refractivity contribution in [2.75, 3.05) is 26.3 Å². The number of amides is 2. The summed E-state index contributed by atoms with van der Waals surface area (Å²) in [6, 6.07) is 3.74. The lowest BCUT2D eigenvalue weighted by molar-refractivity contribution is -0.122. The topological polar surface area (TPSA) is 79.7 Å². The van der Waals surface area contributed by atoms with Gasteiger partial charge in [0.25, 0.3) is 5.91 Å². The van der Waals surface area contributed by atoms with E-state index in [1.807, 2.05) is 4.31 Å². The van der Waals surface area contributed by atoms with Gasteiger partial charge in [-0.25, -0.2) is 8.70 Å². The predicted molar refractivity (Wildman–Crippen MR) is 111 cm³/mol. The Labute approximate surface area is 179 Å². The third kappa shape index (κ3) is 8.61. The van der Waals surface area contributed by atoms with Crippen molar-refractivity contribution in [1.29, 1.82) is 0 Å². The second-order valence-electron chi connectivity index (χ2n) is 6.42. The van der Waals surface area contributed by atoms with E-state index in [1.165, 1.54) is 24.4 Å². The SMILES string of the molecule is C=C(CCNC(=O)C1CN1SOCCCC)NC(=O)COc1ccc(Cl)c(F)c1. The van der Waals surface area contributed by atoms with Crippen molar-refractivity contribution in [2.24, 2.45) is 0 Å². The molecule has 1 heterocycles. The summed E-state index contributed by atoms with van der Waals surface area (Å²) in [5.41, 5.74) is 0.450. The number of halogens is 2. The fourth-order valence-electron chi connectivity index (χ4n) is 2.19. The number of hydrogen-bond acceptors (Lipinski definition) is 6. The lowest BCUT2D eigenvalue weighted by atomic mass is 10.3. The molecule has 1 saturated heterocycles. The van der Waals surface area contributed by atoms with Gasteiger partial charge in [-0.15, -0.1) is 0 Å². The van der Waals surface area contributed by atoms with Crippen LogP contribution in [0.5, 0.6) is 5.75 Å². The zero-order valence-electron chi connectivity index (χ0n) is 16.2. The van der Waals surface area contributed by atoms with Crippen LogP contribution in [0.2, 0.25) is 5.02 Å². The van der Waals surface area contributed by atoms with E-state index in [-0.39, 0.29) is 29.3 Å². The summed E-state index contributed by atoms with van der Waals surface area (Å²) >= 11 is 6.81. The van der Waals surface area contributed by atoms with E-state index in [9.17, 15) is 14.0 Å². The van der Waals surface area contributed by atoms with Crippen LogP contribution < -0.4 is 15.4 Å². The summed E-state index contributed by atoms with van der Waals surface area (Å²) in [4.78, 5) is 23.9. The Bertz CT molecular complexity index is 737. The van der Waals surface area contributed by atoms with Crippen LogP contribution in [0.25, 0.3) is 0 Å². The van der Waals surface area contributed by atoms with Crippen molar-refractivity contribution in [3.63, 3.8) is 0 Å². The first-order valence-corrected chi connectivity index (χ1v) is 10.4. The van der Waals surface area contributed by atoms with Crippen LogP contribution in [0.1, 0.15) is 26.2 Å². The van der Waals surface area contributed by atoms with E-state index in [4.69, 9.17) is 20.5 Å². The molecular formula is C19H25ClFN3O4S. The van der Waals surface area contributed by atoms with E-state index in [0.29, 0.717) is 31.8 Å². The summed E-state index contributed by atoms with van der Waals surface area (Å²) in [7, 11) is 0. The Morgan fingerprint density at radius 2 is 2.24 bits per heavy atom. The largest absolute Gasteiger partial charge is 0.484 e. The molecule has 2 N–H and O–H groups in total. The monoisotopic (exact) mass is 445 g/mol. The first-order valence-electron chi connectivity index (χ1n) is 9.30. The molecule has 0 spiro atoms. The molecule has 1 fully saturated rings. The Morgan fingerprint density at radius 1 is 1.45 bits per heavy atom. The van der Waals surface area contributed by atoms with Crippen LogP contribution in [-0.2, 0) is 13.8 Å². The van der Waals surface area contributed by atoms with Gasteiger partial charge in [0.2, 0.25) is 5.91 Å². The van der Waals surface area contributed by atoms with Crippen molar-refractivity contribution in [3.8, 4) is 5.75 Å². The van der Waals surface area contributed by atoms with Crippen molar-refractivity contribution < 1.29 is 22.9 Å². The molecule has 2 amide bonds. The Balaban J connectivity index is 1.55. The molecule has 0 aromatic heterocycles. The van der Waals surface area contributed by atoms with E-state index in [1.54, 1.807) is 0 Å². The lowest BCUT2D eigenvalue weighted by Gasteiger charge is -2.10. The molecule has 0 aliphatic carbocycles. The highest BCUT2D eigenvalue weighted by molar-refractivity contribution is 7.92. The minimum atomic E-state index is -0.620. The van der Waals surface area contributed by atoms with Crippen LogP contribution in [0.3, 0.4) is 0 Å². The lowest BCUT2D eigenvalue weighted by Crippen LogP contribution is -2.33. The number of nitrogens with one attached hydrogen (secondary N) is 2. The van der Waals surface area contributed by atoms with Crippen LogP contribution in [0, 0.1) is 5.82 Å². The maximum absolute atomic E-state index is 13.3. The van der Waals surface area contributed by atoms with Gasteiger partial charge in [0, 0.05) is 31.3 Å². The van der Waals surface area contributed by atoms with Crippen molar-refractivity contribution >= 4 is 35.6 Å². The third-order valence-corrected chi connectivity index (χ3v) is 5.08. The van der Waals surface area contributed by atoms with Crippen molar-refractivity contribution in [1.82, 2.24) is 14.9 Å². The maximum Gasteiger partial charge on any atom is 0.262 e. The van der Waals surface area contributed by atoms with Gasteiger partial charge in [-0.1, -0.05) is 31.5 Å². The number of carbonyl (C=O) groups is 2. The third-order valence-electron chi connectivity index (χ3n) is 3.90. The molecule has 7 nitrogen and oxygen atoms in total. The van der Waals surface area contributed by atoms with Gasteiger partial charge in [0.05, 0.1) is 23.9 Å². The van der Waals surface area contributed by atoms with Crippen LogP contribution in [0.15, 0.2) is 30.5 Å². The number of nitrogens with zero attached hydrogens (tertiary/aromatic N) is 1. The molecule has 160 valence electrons. The normalized spacial score (nSPS) is 17.5. The number of carbonyl (C=O) groups excluding carboxylic acids is 2. The molecule has 0 bridgehead atoms. The minimum Gasteiger partial charge on any atom is -0.484 e. The molecule has 29 heavy (non-hydrogen) atoms. The number of benzene rings is 1. The average molecular weight is 446 g/mol. The minimum absolute atomic E-state index is 0.0193. The first kappa shape index (κ1) is 23.5. The van der Waals surface area contributed by atoms with E-state index < -0.39 is 11.7 Å². The van der Waals surface area contributed by atoms with Gasteiger partial charge >= 0.3 is 0 Å². The summed E-state index contributed by atoms with van der Waals surface area (Å²) in [6.45, 7) is 7.23. The Morgan fingerprint density at radius 3 is 2.97 bits per heavy atom. The molecule has 2 atom stereocenters. The van der Waals surface area contributed by atoms with Crippen molar-refractivity contribution in [2.45, 2.75) is 32.2 Å². The standard InChI is InChI=1S/C19H25ClFN3O4S/c1-3-4-9-28-29-24-11-17(24)19(26)22-8-7-13(2)23-18(25)12-27-14-5-6-15(20)16(21)10-14/h5-6,10,17H,2-4,7-9,11-12H2,1H3,(H,22,26)(H,23,25). The summed E-state index contributed by atoms with van der Waals surface area (Å²) < 4.78 is 25.8. The summed E-state index contributed by atoms with van der Waals surface area (Å²) in [5, 5.41) is 5.36. The quantitative estimate of drug-likeness (QED) is 0.210. The van der Waals surface area contributed by atoms with Crippen LogP contribution in [-0.4, -0.2) is 48.5 Å². The van der Waals surface area contributed by atoms with Crippen molar-refractivity contribution in [3.05, 3.63) is 41.3 Å². The first-order chi connectivity index (χ1) is 13.9. The van der Waals surface area contributed by atoms with Gasteiger partial charge in [0.15, 0.2) is 6.61 Å². The average Bonchev–Trinajstić information content (AvgIpc) is 3.46. The highest BCUT2D eigenvalue weighted by Crippen LogP contribution is 2.28. The number of ether oxygens (including phenoxy) is 1. The zero-order chi connectivity index (χ0) is 21.2. The van der Waals surface area contributed by atoms with Gasteiger partial charge in [-0.05, 0) is 18.6 Å². The van der Waals surface area contributed by atoms with Crippen LogP contribution >= 0.6 is 23.8 Å². The predicted octanol–water partition coefficient (Wildman–Crippen LogP) is 3.06. The maximum atomic E-state index is 13.3. The number of rotatable bonds is 13. The fourth-order valence-corrected chi connectivity index (χ4v) is 3.04. The molecule has 1 aliphatic heterocycles. The zero-order valence-corrected chi connectivity index (χ0v) is 17.8. The summed E-state index contributed by atoms with van der Waals surface area (Å²) in [6.07, 6.45) is 2.45. The molecule has 1 aromatic carbocycles. The summed E-state index contributed by atoms with van der Waals surface area (Å²) in [5.74, 6) is -0.926. The molecule has 0 radical (unpaired) electrons. The second kappa shape index (κ2) is 12.0. The molecule has 2 rings (SSSR count). The van der Waals surface area contributed by atoms with Crippen LogP contribution in [0.4, 0.5) is 4.39 Å². The molecule has 2 unspecified atom stereocenters. The van der Waals surface area contributed by atoms with E-state index in [2.05, 4.69) is 24.1 Å². The molecular weight excluding hydrogens is 421 g/mol. The number of unbranched alkanes of at least 4 members (excludes halogenated alkanes) is 1. The molecule has 1 aliphatic rings. The highest BCUT2D eigenvalue weighted by atomic mass is 35.5. The number of hydrogen-bond donors (Lipinski definition) is 2. The molecule has 1 aromatic rings. The van der Waals surface area contributed by atoms with Gasteiger partial charge in [-0.2, -0.15) is 0 Å². The Kier molecular flexibility index (Phi) is 9.72. The highest BCUT2D eigenvalue weighted by Gasteiger charge is 2.41. The fraction of sp³-hybridized carbons (Fsp3) is 0.474. The second-order valence-corrected chi connectivity index (χ2v) is 7.68. The van der Waals surface area contributed by atoms with Gasteiger partial charge in [0.1, 0.15) is 17.6 Å². The van der Waals surface area contributed by atoms with E-state index in [0.717, 1.165) is 18.9 Å². The molecule has 0 saturated carbocycles. The van der Waals surface area contributed by atoms with Gasteiger partial charge < -0.3 is 19.6 Å². The molecule has 10 heteroatoms. The Hall–Kier alpha value is -1.81. The van der Waals surface area contributed by atoms with Gasteiger partial charge in [-0.3, -0.25) is 9.59 Å².